The fourth-order valence-corrected chi connectivity index (χ4v) is 5.48. The Hall–Kier alpha value is -0.130. The number of nitrogens with one attached hydrogen (secondary N) is 2. The minimum absolute atomic E-state index is 0. The quantitative estimate of drug-likeness (QED) is 0.327. The van der Waals surface area contributed by atoms with Gasteiger partial charge >= 0.3 is 0 Å². The Morgan fingerprint density at radius 1 is 1.12 bits per heavy atom. The van der Waals surface area contributed by atoms with Crippen molar-refractivity contribution in [1.82, 2.24) is 20.4 Å². The van der Waals surface area contributed by atoms with Crippen LogP contribution in [0, 0.1) is 0 Å². The maximum atomic E-state index is 11.5. The van der Waals surface area contributed by atoms with Crippen molar-refractivity contribution in [1.29, 1.82) is 0 Å². The second-order valence-corrected chi connectivity index (χ2v) is 9.86. The Kier molecular flexibility index (Phi) is 8.89. The number of aliphatic imine (C=N–C) groups is 1. The highest BCUT2D eigenvalue weighted by atomic mass is 127. The maximum Gasteiger partial charge on any atom is 0.191 e. The van der Waals surface area contributed by atoms with E-state index < -0.39 is 9.84 Å². The summed E-state index contributed by atoms with van der Waals surface area (Å²) in [7, 11) is -0.981. The first-order valence-electron chi connectivity index (χ1n) is 9.70. The molecule has 0 aromatic rings. The van der Waals surface area contributed by atoms with Gasteiger partial charge in [0.15, 0.2) is 15.8 Å². The molecule has 2 heterocycles. The summed E-state index contributed by atoms with van der Waals surface area (Å²) >= 11 is 0. The average molecular weight is 499 g/mol. The van der Waals surface area contributed by atoms with E-state index in [1.165, 1.54) is 38.6 Å². The fourth-order valence-electron chi connectivity index (χ4n) is 4.20. The first-order valence-corrected chi connectivity index (χ1v) is 11.5. The predicted molar refractivity (Wildman–Crippen MR) is 117 cm³/mol. The summed E-state index contributed by atoms with van der Waals surface area (Å²) in [4.78, 5) is 9.19. The van der Waals surface area contributed by atoms with E-state index in [1.807, 2.05) is 7.05 Å². The predicted octanol–water partition coefficient (Wildman–Crippen LogP) is 0.517. The van der Waals surface area contributed by atoms with Gasteiger partial charge in [0.05, 0.1) is 11.5 Å². The molecule has 1 saturated carbocycles. The van der Waals surface area contributed by atoms with Crippen LogP contribution in [0.5, 0.6) is 0 Å². The molecule has 0 aromatic carbocycles. The minimum atomic E-state index is -2.79. The lowest BCUT2D eigenvalue weighted by molar-refractivity contribution is 0.242. The SMILES string of the molecule is CN=C(NCCN1CCS(=O)(=O)CC1)NC1CCN(C2CCCC2)C1.I. The number of halogens is 1. The fraction of sp³-hybridized carbons (Fsp3) is 0.941. The highest BCUT2D eigenvalue weighted by molar-refractivity contribution is 14.0. The molecule has 0 aromatic heterocycles. The Morgan fingerprint density at radius 3 is 2.46 bits per heavy atom. The van der Waals surface area contributed by atoms with Crippen LogP contribution in [0.2, 0.25) is 0 Å². The summed E-state index contributed by atoms with van der Waals surface area (Å²) in [6, 6.07) is 1.28. The van der Waals surface area contributed by atoms with Crippen molar-refractivity contribution >= 4 is 39.8 Å². The number of rotatable bonds is 5. The van der Waals surface area contributed by atoms with Crippen LogP contribution in [0.15, 0.2) is 4.99 Å². The van der Waals surface area contributed by atoms with E-state index in [1.54, 1.807) is 0 Å². The van der Waals surface area contributed by atoms with Gasteiger partial charge in [-0.3, -0.25) is 14.8 Å². The molecule has 1 unspecified atom stereocenters. The van der Waals surface area contributed by atoms with Crippen LogP contribution in [0.1, 0.15) is 32.1 Å². The third kappa shape index (κ3) is 6.49. The highest BCUT2D eigenvalue weighted by Crippen LogP contribution is 2.26. The van der Waals surface area contributed by atoms with Gasteiger partial charge < -0.3 is 10.6 Å². The molecule has 3 rings (SSSR count). The Balaban J connectivity index is 0.00000243. The van der Waals surface area contributed by atoms with Crippen LogP contribution in [-0.2, 0) is 9.84 Å². The van der Waals surface area contributed by atoms with Gasteiger partial charge in [-0.05, 0) is 19.3 Å². The second-order valence-electron chi connectivity index (χ2n) is 7.56. The molecule has 0 spiro atoms. The first kappa shape index (κ1) is 22.2. The third-order valence-corrected chi connectivity index (χ3v) is 7.39. The smallest absolute Gasteiger partial charge is 0.191 e. The zero-order valence-electron chi connectivity index (χ0n) is 15.8. The van der Waals surface area contributed by atoms with Gasteiger partial charge in [0, 0.05) is 58.4 Å². The summed E-state index contributed by atoms with van der Waals surface area (Å²) < 4.78 is 22.9. The number of nitrogens with zero attached hydrogens (tertiary/aromatic N) is 3. The van der Waals surface area contributed by atoms with Crippen LogP contribution >= 0.6 is 24.0 Å². The van der Waals surface area contributed by atoms with Gasteiger partial charge in [0.2, 0.25) is 0 Å². The largest absolute Gasteiger partial charge is 0.355 e. The summed E-state index contributed by atoms with van der Waals surface area (Å²) in [5, 5.41) is 6.93. The van der Waals surface area contributed by atoms with Crippen molar-refractivity contribution in [2.75, 3.05) is 57.8 Å². The standard InChI is InChI=1S/C17H33N5O2S.HI/c1-18-17(19-7-9-21-10-12-25(23,24)13-11-21)20-15-6-8-22(14-15)16-4-2-3-5-16;/h15-16H,2-14H2,1H3,(H2,18,19,20);1H. The van der Waals surface area contributed by atoms with Gasteiger partial charge in [0.25, 0.3) is 0 Å². The normalized spacial score (nSPS) is 28.0. The monoisotopic (exact) mass is 499 g/mol. The molecule has 9 heteroatoms. The first-order chi connectivity index (χ1) is 12.1. The zero-order valence-corrected chi connectivity index (χ0v) is 19.0. The number of hydrogen-bond donors (Lipinski definition) is 2. The Morgan fingerprint density at radius 2 is 1.81 bits per heavy atom. The lowest BCUT2D eigenvalue weighted by Gasteiger charge is -2.27. The van der Waals surface area contributed by atoms with Crippen molar-refractivity contribution in [3.05, 3.63) is 0 Å². The van der Waals surface area contributed by atoms with Crippen molar-refractivity contribution in [2.24, 2.45) is 4.99 Å². The highest BCUT2D eigenvalue weighted by Gasteiger charge is 2.30. The van der Waals surface area contributed by atoms with E-state index in [-0.39, 0.29) is 24.0 Å². The van der Waals surface area contributed by atoms with Crippen LogP contribution in [0.25, 0.3) is 0 Å². The molecule has 7 nitrogen and oxygen atoms in total. The van der Waals surface area contributed by atoms with Crippen molar-refractivity contribution in [3.63, 3.8) is 0 Å². The van der Waals surface area contributed by atoms with Crippen LogP contribution in [0.3, 0.4) is 0 Å². The van der Waals surface area contributed by atoms with E-state index in [0.29, 0.717) is 30.6 Å². The Bertz CT molecular complexity index is 552. The van der Waals surface area contributed by atoms with E-state index in [4.69, 9.17) is 0 Å². The van der Waals surface area contributed by atoms with E-state index >= 15 is 0 Å². The molecule has 152 valence electrons. The summed E-state index contributed by atoms with van der Waals surface area (Å²) in [6.45, 7) is 5.26. The summed E-state index contributed by atoms with van der Waals surface area (Å²) in [5.74, 6) is 1.45. The van der Waals surface area contributed by atoms with E-state index in [2.05, 4.69) is 25.4 Å². The van der Waals surface area contributed by atoms with E-state index in [0.717, 1.165) is 31.6 Å². The molecule has 1 aliphatic carbocycles. The van der Waals surface area contributed by atoms with Crippen molar-refractivity contribution in [3.8, 4) is 0 Å². The molecule has 1 atom stereocenters. The summed E-state index contributed by atoms with van der Waals surface area (Å²) in [5.41, 5.74) is 0. The molecule has 3 fully saturated rings. The number of guanidine groups is 1. The molecular formula is C17H34IN5O2S. The maximum absolute atomic E-state index is 11.5. The number of hydrogen-bond acceptors (Lipinski definition) is 5. The molecular weight excluding hydrogens is 465 g/mol. The molecule has 0 radical (unpaired) electrons. The van der Waals surface area contributed by atoms with E-state index in [9.17, 15) is 8.42 Å². The molecule has 26 heavy (non-hydrogen) atoms. The third-order valence-electron chi connectivity index (χ3n) is 5.78. The molecule has 2 aliphatic heterocycles. The lowest BCUT2D eigenvalue weighted by atomic mass is 10.2. The van der Waals surface area contributed by atoms with Crippen molar-refractivity contribution in [2.45, 2.75) is 44.2 Å². The zero-order chi connectivity index (χ0) is 17.7. The molecule has 0 bridgehead atoms. The minimum Gasteiger partial charge on any atom is -0.355 e. The topological polar surface area (TPSA) is 77.0 Å². The van der Waals surface area contributed by atoms with Crippen LogP contribution < -0.4 is 10.6 Å². The number of likely N-dealkylation sites (tertiary alicyclic amines) is 1. The Labute approximate surface area is 175 Å². The van der Waals surface area contributed by atoms with Gasteiger partial charge in [-0.25, -0.2) is 8.42 Å². The lowest BCUT2D eigenvalue weighted by Crippen LogP contribution is -2.48. The van der Waals surface area contributed by atoms with Crippen molar-refractivity contribution < 1.29 is 8.42 Å². The van der Waals surface area contributed by atoms with Gasteiger partial charge in [0.1, 0.15) is 0 Å². The number of sulfone groups is 1. The summed E-state index contributed by atoms with van der Waals surface area (Å²) in [6.07, 6.45) is 6.69. The molecule has 2 saturated heterocycles. The molecule has 0 amide bonds. The van der Waals surface area contributed by atoms with Gasteiger partial charge in [-0.2, -0.15) is 0 Å². The second kappa shape index (κ2) is 10.4. The van der Waals surface area contributed by atoms with Crippen LogP contribution in [-0.4, -0.2) is 94.1 Å². The average Bonchev–Trinajstić information content (AvgIpc) is 3.26. The van der Waals surface area contributed by atoms with Gasteiger partial charge in [-0.1, -0.05) is 12.8 Å². The molecule has 2 N–H and O–H groups in total. The van der Waals surface area contributed by atoms with Gasteiger partial charge in [-0.15, -0.1) is 24.0 Å². The molecule has 3 aliphatic rings. The van der Waals surface area contributed by atoms with Crippen LogP contribution in [0.4, 0.5) is 0 Å².